The van der Waals surface area contributed by atoms with E-state index in [4.69, 9.17) is 5.73 Å². The summed E-state index contributed by atoms with van der Waals surface area (Å²) in [5.41, 5.74) is 5.69. The second-order valence-electron chi connectivity index (χ2n) is 6.65. The van der Waals surface area contributed by atoms with Gasteiger partial charge < -0.3 is 15.8 Å². The smallest absolute Gasteiger partial charge is 0.324 e. The third-order valence-electron chi connectivity index (χ3n) is 4.46. The molecule has 0 unspecified atom stereocenters. The van der Waals surface area contributed by atoms with Crippen LogP contribution in [-0.2, 0) is 11.2 Å². The number of nitrogens with one attached hydrogen (secondary N) is 1. The normalized spacial score (nSPS) is 13.8. The number of carboxylic acids is 1. The molecule has 0 fully saturated rings. The topological polar surface area (TPSA) is 92.0 Å². The van der Waals surface area contributed by atoms with Gasteiger partial charge in [0, 0.05) is 18.3 Å². The molecule has 0 aliphatic rings. The number of H-pyrrole nitrogens is 1. The van der Waals surface area contributed by atoms with E-state index >= 15 is 0 Å². The summed E-state index contributed by atoms with van der Waals surface area (Å²) in [7, 11) is 0. The van der Waals surface area contributed by atoms with Crippen LogP contribution >= 0.6 is 0 Å². The zero-order valence-electron chi connectivity index (χ0n) is 14.5. The lowest BCUT2D eigenvalue weighted by molar-refractivity contribution is -0.143. The molecular weight excluding hydrogens is 290 g/mol. The van der Waals surface area contributed by atoms with Gasteiger partial charge in [0.1, 0.15) is 5.54 Å². The number of imidazole rings is 1. The fourth-order valence-corrected chi connectivity index (χ4v) is 2.92. The van der Waals surface area contributed by atoms with Crippen molar-refractivity contribution in [1.29, 1.82) is 0 Å². The van der Waals surface area contributed by atoms with Crippen LogP contribution in [0.3, 0.4) is 0 Å². The van der Waals surface area contributed by atoms with Crippen molar-refractivity contribution in [3.05, 3.63) is 18.2 Å². The molecule has 0 bridgehead atoms. The van der Waals surface area contributed by atoms with Crippen molar-refractivity contribution in [2.75, 3.05) is 0 Å². The Morgan fingerprint density at radius 1 is 1.13 bits per heavy atom. The Morgan fingerprint density at radius 2 is 1.70 bits per heavy atom. The van der Waals surface area contributed by atoms with Crippen LogP contribution in [0.25, 0.3) is 0 Å². The van der Waals surface area contributed by atoms with Gasteiger partial charge in [-0.2, -0.15) is 0 Å². The molecule has 0 aliphatic carbocycles. The highest BCUT2D eigenvalue weighted by Crippen LogP contribution is 2.19. The average molecular weight is 323 g/mol. The minimum atomic E-state index is -1.19. The minimum Gasteiger partial charge on any atom is -0.480 e. The van der Waals surface area contributed by atoms with Gasteiger partial charge >= 0.3 is 5.97 Å². The molecule has 23 heavy (non-hydrogen) atoms. The van der Waals surface area contributed by atoms with Crippen molar-refractivity contribution in [2.24, 2.45) is 5.73 Å². The molecule has 0 aromatic carbocycles. The Morgan fingerprint density at radius 3 is 2.17 bits per heavy atom. The van der Waals surface area contributed by atoms with Gasteiger partial charge in [-0.1, -0.05) is 71.1 Å². The summed E-state index contributed by atoms with van der Waals surface area (Å²) in [6.07, 6.45) is 16.3. The van der Waals surface area contributed by atoms with Crippen LogP contribution in [0.5, 0.6) is 0 Å². The van der Waals surface area contributed by atoms with E-state index in [-0.39, 0.29) is 0 Å². The third kappa shape index (κ3) is 8.16. The number of carboxylic acid groups (broad SMARTS) is 1. The molecule has 1 atom stereocenters. The number of nitrogens with zero attached hydrogens (tertiary/aromatic N) is 1. The van der Waals surface area contributed by atoms with E-state index in [1.54, 1.807) is 12.5 Å². The zero-order valence-corrected chi connectivity index (χ0v) is 14.5. The van der Waals surface area contributed by atoms with E-state index in [9.17, 15) is 9.90 Å². The van der Waals surface area contributed by atoms with Crippen molar-refractivity contribution < 1.29 is 9.90 Å². The maximum atomic E-state index is 11.5. The summed E-state index contributed by atoms with van der Waals surface area (Å²) >= 11 is 0. The summed E-state index contributed by atoms with van der Waals surface area (Å²) < 4.78 is 0. The Bertz CT molecular complexity index is 420. The van der Waals surface area contributed by atoms with Gasteiger partial charge in [0.15, 0.2) is 0 Å². The summed E-state index contributed by atoms with van der Waals surface area (Å²) in [5.74, 6) is -0.928. The number of aliphatic carboxylic acids is 1. The first-order valence-corrected chi connectivity index (χ1v) is 9.08. The molecule has 1 aromatic heterocycles. The SMILES string of the molecule is CCCCCCCCCCCC[C@](N)(Cc1cnc[nH]1)C(=O)O. The Labute approximate surface area is 140 Å². The minimum absolute atomic E-state index is 0.305. The Balaban J connectivity index is 2.13. The number of carbonyl (C=O) groups is 1. The van der Waals surface area contributed by atoms with Crippen LogP contribution < -0.4 is 5.73 Å². The number of hydrogen-bond acceptors (Lipinski definition) is 3. The van der Waals surface area contributed by atoms with E-state index < -0.39 is 11.5 Å². The molecule has 1 rings (SSSR count). The second kappa shape index (κ2) is 11.2. The predicted molar refractivity (Wildman–Crippen MR) is 93.3 cm³/mol. The van der Waals surface area contributed by atoms with Crippen LogP contribution in [0.1, 0.15) is 83.2 Å². The summed E-state index contributed by atoms with van der Waals surface area (Å²) in [5, 5.41) is 9.42. The summed E-state index contributed by atoms with van der Waals surface area (Å²) in [4.78, 5) is 18.3. The van der Waals surface area contributed by atoms with E-state index in [0.717, 1.165) is 18.5 Å². The van der Waals surface area contributed by atoms with Crippen molar-refractivity contribution in [1.82, 2.24) is 9.97 Å². The number of aromatic amines is 1. The Kier molecular flexibility index (Phi) is 9.60. The molecule has 132 valence electrons. The summed E-state index contributed by atoms with van der Waals surface area (Å²) in [6, 6.07) is 0. The molecule has 5 heteroatoms. The maximum Gasteiger partial charge on any atom is 0.324 e. The molecule has 0 saturated heterocycles. The third-order valence-corrected chi connectivity index (χ3v) is 4.46. The van der Waals surface area contributed by atoms with Gasteiger partial charge in [-0.05, 0) is 6.42 Å². The van der Waals surface area contributed by atoms with E-state index in [1.807, 2.05) is 0 Å². The predicted octanol–water partition coefficient (Wildman–Crippen LogP) is 4.05. The molecule has 1 aromatic rings. The highest BCUT2D eigenvalue weighted by atomic mass is 16.4. The molecule has 0 saturated carbocycles. The van der Waals surface area contributed by atoms with Gasteiger partial charge in [-0.3, -0.25) is 4.79 Å². The molecule has 0 spiro atoms. The first kappa shape index (κ1) is 19.7. The van der Waals surface area contributed by atoms with Crippen LogP contribution in [-0.4, -0.2) is 26.6 Å². The van der Waals surface area contributed by atoms with Gasteiger partial charge in [-0.25, -0.2) is 4.98 Å². The highest BCUT2D eigenvalue weighted by Gasteiger charge is 2.33. The number of rotatable bonds is 14. The Hall–Kier alpha value is -1.36. The molecular formula is C18H33N3O2. The van der Waals surface area contributed by atoms with Crippen LogP contribution in [0.4, 0.5) is 0 Å². The number of aromatic nitrogens is 2. The standard InChI is InChI=1S/C18H33N3O2/c1-2-3-4-5-6-7-8-9-10-11-12-18(19,17(22)23)13-16-14-20-15-21-16/h14-15H,2-13,19H2,1H3,(H,20,21)(H,22,23)/t18-/m0/s1. The molecule has 0 radical (unpaired) electrons. The van der Waals surface area contributed by atoms with E-state index in [2.05, 4.69) is 16.9 Å². The van der Waals surface area contributed by atoms with Gasteiger partial charge in [0.05, 0.1) is 6.33 Å². The van der Waals surface area contributed by atoms with E-state index in [0.29, 0.717) is 12.8 Å². The van der Waals surface area contributed by atoms with Gasteiger partial charge in [0.2, 0.25) is 0 Å². The van der Waals surface area contributed by atoms with Crippen LogP contribution in [0.15, 0.2) is 12.5 Å². The largest absolute Gasteiger partial charge is 0.480 e. The van der Waals surface area contributed by atoms with E-state index in [1.165, 1.54) is 51.4 Å². The lowest BCUT2D eigenvalue weighted by Gasteiger charge is -2.24. The molecule has 5 nitrogen and oxygen atoms in total. The zero-order chi connectivity index (χ0) is 17.0. The highest BCUT2D eigenvalue weighted by molar-refractivity contribution is 5.78. The average Bonchev–Trinajstić information content (AvgIpc) is 3.01. The number of hydrogen-bond donors (Lipinski definition) is 3. The maximum absolute atomic E-state index is 11.5. The first-order chi connectivity index (χ1) is 11.1. The number of nitrogens with two attached hydrogens (primary N) is 1. The number of unbranched alkanes of at least 4 members (excludes halogenated alkanes) is 9. The quantitative estimate of drug-likeness (QED) is 0.450. The second-order valence-corrected chi connectivity index (χ2v) is 6.65. The fraction of sp³-hybridized carbons (Fsp3) is 0.778. The monoisotopic (exact) mass is 323 g/mol. The fourth-order valence-electron chi connectivity index (χ4n) is 2.92. The van der Waals surface area contributed by atoms with Gasteiger partial charge in [-0.15, -0.1) is 0 Å². The lowest BCUT2D eigenvalue weighted by Crippen LogP contribution is -2.50. The summed E-state index contributed by atoms with van der Waals surface area (Å²) in [6.45, 7) is 2.24. The van der Waals surface area contributed by atoms with Crippen molar-refractivity contribution >= 4 is 5.97 Å². The van der Waals surface area contributed by atoms with Crippen molar-refractivity contribution in [2.45, 2.75) is 89.5 Å². The first-order valence-electron chi connectivity index (χ1n) is 9.08. The van der Waals surface area contributed by atoms with Crippen molar-refractivity contribution in [3.8, 4) is 0 Å². The molecule has 0 aliphatic heterocycles. The lowest BCUT2D eigenvalue weighted by atomic mass is 9.88. The van der Waals surface area contributed by atoms with Crippen LogP contribution in [0.2, 0.25) is 0 Å². The molecule has 4 N–H and O–H groups in total. The molecule has 1 heterocycles. The molecule has 0 amide bonds. The van der Waals surface area contributed by atoms with Crippen LogP contribution in [0, 0.1) is 0 Å². The van der Waals surface area contributed by atoms with Gasteiger partial charge in [0.25, 0.3) is 0 Å². The van der Waals surface area contributed by atoms with Crippen molar-refractivity contribution in [3.63, 3.8) is 0 Å².